The first-order valence-electron chi connectivity index (χ1n) is 8.49. The zero-order valence-electron chi connectivity index (χ0n) is 15.3. The molecule has 0 fully saturated rings. The van der Waals surface area contributed by atoms with Gasteiger partial charge in [0.15, 0.2) is 0 Å². The third-order valence-corrected chi connectivity index (χ3v) is 4.21. The summed E-state index contributed by atoms with van der Waals surface area (Å²) in [5.74, 6) is 0.648. The summed E-state index contributed by atoms with van der Waals surface area (Å²) in [6.45, 7) is 4.05. The van der Waals surface area contributed by atoms with Crippen LogP contribution in [0, 0.1) is 13.8 Å². The highest BCUT2D eigenvalue weighted by Gasteiger charge is 2.14. The fourth-order valence-corrected chi connectivity index (χ4v) is 2.98. The second kappa shape index (κ2) is 6.64. The van der Waals surface area contributed by atoms with Crippen LogP contribution in [0.3, 0.4) is 0 Å². The minimum Gasteiger partial charge on any atom is -0.458 e. The summed E-state index contributed by atoms with van der Waals surface area (Å²) >= 11 is 0. The Kier molecular flexibility index (Phi) is 4.15. The molecule has 27 heavy (non-hydrogen) atoms. The van der Waals surface area contributed by atoms with Crippen LogP contribution in [0.4, 0.5) is 5.95 Å². The summed E-state index contributed by atoms with van der Waals surface area (Å²) in [4.78, 5) is 17.1. The molecule has 3 heterocycles. The van der Waals surface area contributed by atoms with Crippen molar-refractivity contribution in [1.29, 1.82) is 0 Å². The van der Waals surface area contributed by atoms with Crippen LogP contribution in [0.25, 0.3) is 22.2 Å². The van der Waals surface area contributed by atoms with Gasteiger partial charge in [-0.3, -0.25) is 4.68 Å². The van der Waals surface area contributed by atoms with Crippen LogP contribution in [0.5, 0.6) is 6.01 Å². The number of nitrogen functional groups attached to an aromatic ring is 1. The smallest absolute Gasteiger partial charge is 0.321 e. The largest absolute Gasteiger partial charge is 0.458 e. The van der Waals surface area contributed by atoms with Crippen molar-refractivity contribution in [3.63, 3.8) is 0 Å². The highest BCUT2D eigenvalue weighted by atomic mass is 16.5. The van der Waals surface area contributed by atoms with Crippen molar-refractivity contribution in [3.8, 4) is 17.3 Å². The van der Waals surface area contributed by atoms with Crippen molar-refractivity contribution < 1.29 is 4.74 Å². The molecule has 8 heteroatoms. The Bertz CT molecular complexity index is 1120. The third kappa shape index (κ3) is 3.41. The van der Waals surface area contributed by atoms with Crippen molar-refractivity contribution >= 4 is 16.9 Å². The molecule has 0 aliphatic heterocycles. The van der Waals surface area contributed by atoms with Gasteiger partial charge in [-0.1, -0.05) is 18.2 Å². The second-order valence-corrected chi connectivity index (χ2v) is 6.36. The van der Waals surface area contributed by atoms with E-state index in [1.807, 2.05) is 25.4 Å². The maximum absolute atomic E-state index is 5.79. The minimum atomic E-state index is 0.136. The normalized spacial score (nSPS) is 11.1. The molecule has 0 bridgehead atoms. The van der Waals surface area contributed by atoms with E-state index < -0.39 is 0 Å². The van der Waals surface area contributed by atoms with E-state index in [0.29, 0.717) is 5.82 Å². The van der Waals surface area contributed by atoms with Gasteiger partial charge in [0, 0.05) is 29.8 Å². The summed E-state index contributed by atoms with van der Waals surface area (Å²) < 4.78 is 7.54. The first-order chi connectivity index (χ1) is 13.0. The van der Waals surface area contributed by atoms with Gasteiger partial charge in [0.05, 0.1) is 17.4 Å². The van der Waals surface area contributed by atoms with Gasteiger partial charge in [-0.25, -0.2) is 4.98 Å². The van der Waals surface area contributed by atoms with E-state index in [1.165, 1.54) is 0 Å². The van der Waals surface area contributed by atoms with E-state index >= 15 is 0 Å². The lowest BCUT2D eigenvalue weighted by atomic mass is 10.0. The van der Waals surface area contributed by atoms with Crippen molar-refractivity contribution in [2.75, 3.05) is 5.73 Å². The zero-order chi connectivity index (χ0) is 19.0. The summed E-state index contributed by atoms with van der Waals surface area (Å²) in [6, 6.07) is 8.38. The van der Waals surface area contributed by atoms with Crippen LogP contribution < -0.4 is 10.5 Å². The number of para-hydroxylation sites is 1. The number of aromatic nitrogens is 6. The number of rotatable bonds is 4. The third-order valence-electron chi connectivity index (χ3n) is 4.21. The summed E-state index contributed by atoms with van der Waals surface area (Å²) in [5, 5.41) is 5.31. The molecule has 0 saturated carbocycles. The topological polar surface area (TPSA) is 105 Å². The molecule has 4 rings (SSSR count). The molecule has 0 atom stereocenters. The summed E-state index contributed by atoms with van der Waals surface area (Å²) in [6.07, 6.45) is 3.72. The van der Waals surface area contributed by atoms with E-state index in [-0.39, 0.29) is 18.6 Å². The molecule has 0 saturated heterocycles. The quantitative estimate of drug-likeness (QED) is 0.595. The Morgan fingerprint density at radius 3 is 2.70 bits per heavy atom. The number of ether oxygens (including phenoxy) is 1. The number of aryl methyl sites for hydroxylation is 3. The number of nitrogens with two attached hydrogens (primary N) is 1. The van der Waals surface area contributed by atoms with Gasteiger partial charge in [-0.15, -0.1) is 0 Å². The minimum absolute atomic E-state index is 0.136. The molecule has 0 amide bonds. The van der Waals surface area contributed by atoms with E-state index in [2.05, 4.69) is 39.1 Å². The van der Waals surface area contributed by atoms with Crippen LogP contribution in [0.1, 0.15) is 17.0 Å². The molecule has 8 nitrogen and oxygen atoms in total. The Hall–Kier alpha value is -3.55. The van der Waals surface area contributed by atoms with E-state index in [1.54, 1.807) is 17.8 Å². The Morgan fingerprint density at radius 1 is 1.11 bits per heavy atom. The van der Waals surface area contributed by atoms with Crippen molar-refractivity contribution in [1.82, 2.24) is 29.7 Å². The van der Waals surface area contributed by atoms with Gasteiger partial charge in [-0.05, 0) is 25.5 Å². The van der Waals surface area contributed by atoms with Gasteiger partial charge in [-0.2, -0.15) is 20.1 Å². The predicted molar refractivity (Wildman–Crippen MR) is 102 cm³/mol. The number of fused-ring (bicyclic) bond motifs is 1. The van der Waals surface area contributed by atoms with Crippen molar-refractivity contribution in [2.45, 2.75) is 20.5 Å². The van der Waals surface area contributed by atoms with Crippen LogP contribution in [0.2, 0.25) is 0 Å². The molecule has 4 aromatic rings. The molecule has 0 radical (unpaired) electrons. The van der Waals surface area contributed by atoms with Gasteiger partial charge >= 0.3 is 6.01 Å². The average Bonchev–Trinajstić information content (AvgIpc) is 3.05. The standard InChI is InChI=1S/C19H19N7O/c1-11-5-4-6-13-7-14(10-27-19-23-12(2)22-18(20)25-19)17(24-16(11)13)15-8-21-26(3)9-15/h4-9H,10H2,1-3H3,(H2,20,22,23,25). The molecule has 0 aliphatic carbocycles. The molecule has 0 spiro atoms. The van der Waals surface area contributed by atoms with Gasteiger partial charge in [0.2, 0.25) is 5.95 Å². The summed E-state index contributed by atoms with van der Waals surface area (Å²) in [5.41, 5.74) is 10.4. The van der Waals surface area contributed by atoms with Crippen molar-refractivity contribution in [3.05, 3.63) is 53.6 Å². The monoisotopic (exact) mass is 361 g/mol. The van der Waals surface area contributed by atoms with Crippen LogP contribution in [-0.2, 0) is 13.7 Å². The summed E-state index contributed by atoms with van der Waals surface area (Å²) in [7, 11) is 1.88. The highest BCUT2D eigenvalue weighted by Crippen LogP contribution is 2.27. The van der Waals surface area contributed by atoms with Crippen LogP contribution >= 0.6 is 0 Å². The highest BCUT2D eigenvalue weighted by molar-refractivity contribution is 5.85. The van der Waals surface area contributed by atoms with E-state index in [0.717, 1.165) is 33.3 Å². The zero-order valence-corrected chi connectivity index (χ0v) is 15.3. The lowest BCUT2D eigenvalue weighted by Gasteiger charge is -2.12. The lowest BCUT2D eigenvalue weighted by molar-refractivity contribution is 0.279. The molecular weight excluding hydrogens is 342 g/mol. The maximum atomic E-state index is 5.79. The van der Waals surface area contributed by atoms with Gasteiger partial charge in [0.1, 0.15) is 12.4 Å². The molecule has 136 valence electrons. The predicted octanol–water partition coefficient (Wildman–Crippen LogP) is 2.60. The van der Waals surface area contributed by atoms with Crippen LogP contribution in [0.15, 0.2) is 36.7 Å². The van der Waals surface area contributed by atoms with Crippen molar-refractivity contribution in [2.24, 2.45) is 7.05 Å². The number of nitrogens with zero attached hydrogens (tertiary/aromatic N) is 6. The SMILES string of the molecule is Cc1nc(N)nc(OCc2cc3cccc(C)c3nc2-c2cnn(C)c2)n1. The number of hydrogen-bond donors (Lipinski definition) is 1. The lowest BCUT2D eigenvalue weighted by Crippen LogP contribution is -2.06. The fourth-order valence-electron chi connectivity index (χ4n) is 2.98. The molecule has 0 aliphatic rings. The Balaban J connectivity index is 1.77. The molecule has 3 aromatic heterocycles. The molecule has 0 unspecified atom stereocenters. The van der Waals surface area contributed by atoms with Gasteiger partial charge in [0.25, 0.3) is 0 Å². The molecular formula is C19H19N7O. The maximum Gasteiger partial charge on any atom is 0.321 e. The second-order valence-electron chi connectivity index (χ2n) is 6.36. The number of benzene rings is 1. The first kappa shape index (κ1) is 16.9. The average molecular weight is 361 g/mol. The number of pyridine rings is 1. The van der Waals surface area contributed by atoms with E-state index in [9.17, 15) is 0 Å². The fraction of sp³-hybridized carbons (Fsp3) is 0.211. The molecule has 2 N–H and O–H groups in total. The van der Waals surface area contributed by atoms with Crippen LogP contribution in [-0.4, -0.2) is 29.7 Å². The number of anilines is 1. The first-order valence-corrected chi connectivity index (χ1v) is 8.49. The number of hydrogen-bond acceptors (Lipinski definition) is 7. The van der Waals surface area contributed by atoms with E-state index in [4.69, 9.17) is 15.5 Å². The molecule has 1 aromatic carbocycles. The Labute approximate surface area is 156 Å². The Morgan fingerprint density at radius 2 is 1.96 bits per heavy atom. The van der Waals surface area contributed by atoms with Gasteiger partial charge < -0.3 is 10.5 Å².